The number of nitrogens with zero attached hydrogens (tertiary/aromatic N) is 3. The molecule has 1 aliphatic heterocycles. The number of hydrogen-bond donors (Lipinski definition) is 2. The lowest BCUT2D eigenvalue weighted by atomic mass is 10.0. The van der Waals surface area contributed by atoms with E-state index in [1.165, 1.54) is 12.1 Å². The van der Waals surface area contributed by atoms with Gasteiger partial charge in [0.15, 0.2) is 0 Å². The SMILES string of the molecule is Cc1nc(N[C@H](C)c2cccc(C(F)F)c2F)c2cc(NC(=O)CN(C)C)c3c(c2n1)CCO3. The summed E-state index contributed by atoms with van der Waals surface area (Å²) >= 11 is 0. The number of nitrogens with one attached hydrogen (secondary N) is 2. The van der Waals surface area contributed by atoms with Gasteiger partial charge in [-0.25, -0.2) is 23.1 Å². The van der Waals surface area contributed by atoms with Gasteiger partial charge in [0.05, 0.1) is 36.0 Å². The van der Waals surface area contributed by atoms with Crippen LogP contribution in [0.15, 0.2) is 24.3 Å². The molecule has 1 atom stereocenters. The van der Waals surface area contributed by atoms with Crippen LogP contribution in [-0.4, -0.2) is 48.0 Å². The number of ether oxygens (including phenoxy) is 1. The average Bonchev–Trinajstić information content (AvgIpc) is 3.24. The number of anilines is 2. The zero-order valence-electron chi connectivity index (χ0n) is 19.4. The van der Waals surface area contributed by atoms with Gasteiger partial charge >= 0.3 is 0 Å². The van der Waals surface area contributed by atoms with Crippen molar-refractivity contribution in [2.75, 3.05) is 37.9 Å². The molecule has 0 fully saturated rings. The molecule has 7 nitrogen and oxygen atoms in total. The number of benzene rings is 2. The number of fused-ring (bicyclic) bond motifs is 3. The van der Waals surface area contributed by atoms with E-state index in [1.54, 1.807) is 38.9 Å². The van der Waals surface area contributed by atoms with Crippen molar-refractivity contribution in [3.8, 4) is 5.75 Å². The number of aromatic nitrogens is 2. The van der Waals surface area contributed by atoms with Crippen molar-refractivity contribution in [3.05, 3.63) is 52.6 Å². The Morgan fingerprint density at radius 3 is 2.68 bits per heavy atom. The number of aryl methyl sites for hydroxylation is 1. The molecule has 0 saturated carbocycles. The van der Waals surface area contributed by atoms with E-state index in [-0.39, 0.29) is 18.0 Å². The second-order valence-corrected chi connectivity index (χ2v) is 8.55. The van der Waals surface area contributed by atoms with E-state index >= 15 is 0 Å². The van der Waals surface area contributed by atoms with E-state index < -0.39 is 23.8 Å². The van der Waals surface area contributed by atoms with E-state index in [0.29, 0.717) is 47.0 Å². The van der Waals surface area contributed by atoms with Gasteiger partial charge in [0.25, 0.3) is 6.43 Å². The molecule has 34 heavy (non-hydrogen) atoms. The maximum absolute atomic E-state index is 14.7. The summed E-state index contributed by atoms with van der Waals surface area (Å²) in [5.74, 6) is 0.326. The normalized spacial score (nSPS) is 13.8. The highest BCUT2D eigenvalue weighted by Crippen LogP contribution is 2.41. The monoisotopic (exact) mass is 473 g/mol. The molecule has 3 aromatic rings. The van der Waals surface area contributed by atoms with E-state index in [9.17, 15) is 18.0 Å². The second kappa shape index (κ2) is 9.46. The molecule has 2 N–H and O–H groups in total. The molecule has 0 unspecified atom stereocenters. The smallest absolute Gasteiger partial charge is 0.266 e. The Bertz CT molecular complexity index is 1250. The summed E-state index contributed by atoms with van der Waals surface area (Å²) in [6.07, 6.45) is -2.30. The molecule has 1 aliphatic rings. The summed E-state index contributed by atoms with van der Waals surface area (Å²) in [5.41, 5.74) is 1.48. The van der Waals surface area contributed by atoms with Gasteiger partial charge in [-0.2, -0.15) is 0 Å². The quantitative estimate of drug-likeness (QED) is 0.521. The first kappa shape index (κ1) is 23.7. The molecule has 0 aliphatic carbocycles. The van der Waals surface area contributed by atoms with Crippen LogP contribution in [0.25, 0.3) is 10.9 Å². The first-order valence-electron chi connectivity index (χ1n) is 10.9. The van der Waals surface area contributed by atoms with Crippen molar-refractivity contribution < 1.29 is 22.7 Å². The summed E-state index contributed by atoms with van der Waals surface area (Å²) in [6, 6.07) is 5.02. The summed E-state index contributed by atoms with van der Waals surface area (Å²) < 4.78 is 46.9. The van der Waals surface area contributed by atoms with Crippen molar-refractivity contribution in [1.82, 2.24) is 14.9 Å². The zero-order chi connectivity index (χ0) is 24.6. The number of rotatable bonds is 7. The molecule has 1 amide bonds. The van der Waals surface area contributed by atoms with E-state index in [2.05, 4.69) is 20.6 Å². The Kier molecular flexibility index (Phi) is 6.60. The van der Waals surface area contributed by atoms with Gasteiger partial charge in [-0.1, -0.05) is 18.2 Å². The fourth-order valence-electron chi connectivity index (χ4n) is 4.11. The fraction of sp³-hybridized carbons (Fsp3) is 0.375. The number of hydrogen-bond acceptors (Lipinski definition) is 6. The molecule has 2 heterocycles. The van der Waals surface area contributed by atoms with Crippen LogP contribution in [0.4, 0.5) is 24.7 Å². The van der Waals surface area contributed by atoms with Crippen molar-refractivity contribution in [2.24, 2.45) is 0 Å². The molecule has 10 heteroatoms. The predicted molar refractivity (Wildman–Crippen MR) is 124 cm³/mol. The Balaban J connectivity index is 1.77. The molecule has 0 saturated heterocycles. The van der Waals surface area contributed by atoms with Crippen LogP contribution in [0.3, 0.4) is 0 Å². The van der Waals surface area contributed by atoms with Crippen LogP contribution < -0.4 is 15.4 Å². The van der Waals surface area contributed by atoms with Gasteiger partial charge in [0, 0.05) is 22.9 Å². The Morgan fingerprint density at radius 1 is 1.24 bits per heavy atom. The molecular weight excluding hydrogens is 447 g/mol. The van der Waals surface area contributed by atoms with E-state index in [4.69, 9.17) is 4.74 Å². The van der Waals surface area contributed by atoms with Crippen LogP contribution in [-0.2, 0) is 11.2 Å². The lowest BCUT2D eigenvalue weighted by Crippen LogP contribution is -2.27. The predicted octanol–water partition coefficient (Wildman–Crippen LogP) is 4.62. The Hall–Kier alpha value is -3.40. The zero-order valence-corrected chi connectivity index (χ0v) is 19.4. The molecule has 180 valence electrons. The summed E-state index contributed by atoms with van der Waals surface area (Å²) in [7, 11) is 3.59. The first-order chi connectivity index (χ1) is 16.2. The minimum atomic E-state index is -2.91. The van der Waals surface area contributed by atoms with Crippen LogP contribution in [0.1, 0.15) is 41.9 Å². The number of alkyl halides is 2. The highest BCUT2D eigenvalue weighted by molar-refractivity contribution is 6.02. The van der Waals surface area contributed by atoms with Crippen molar-refractivity contribution in [1.29, 1.82) is 0 Å². The summed E-state index contributed by atoms with van der Waals surface area (Å²) in [5, 5.41) is 6.66. The van der Waals surface area contributed by atoms with Crippen LogP contribution in [0.5, 0.6) is 5.75 Å². The van der Waals surface area contributed by atoms with Gasteiger partial charge < -0.3 is 20.3 Å². The summed E-state index contributed by atoms with van der Waals surface area (Å²) in [4.78, 5) is 23.3. The minimum Gasteiger partial charge on any atom is -0.491 e. The molecule has 0 radical (unpaired) electrons. The third kappa shape index (κ3) is 4.63. The number of halogens is 3. The van der Waals surface area contributed by atoms with Crippen molar-refractivity contribution in [2.45, 2.75) is 32.7 Å². The second-order valence-electron chi connectivity index (χ2n) is 8.55. The van der Waals surface area contributed by atoms with Gasteiger partial charge in [-0.3, -0.25) is 4.79 Å². The van der Waals surface area contributed by atoms with Crippen molar-refractivity contribution >= 4 is 28.3 Å². The lowest BCUT2D eigenvalue weighted by molar-refractivity contribution is -0.116. The maximum atomic E-state index is 14.7. The highest BCUT2D eigenvalue weighted by atomic mass is 19.3. The molecular formula is C24H26F3N5O2. The maximum Gasteiger partial charge on any atom is 0.266 e. The largest absolute Gasteiger partial charge is 0.491 e. The standard InChI is InChI=1S/C24H26F3N5O2/c1-12(14-6-5-7-15(20(14)25)23(26)27)28-24-17-10-18(31-19(33)11-32(3)4)22-16(8-9-34-22)21(17)29-13(2)30-24/h5-7,10,12,23H,8-9,11H2,1-4H3,(H,31,33)(H,28,29,30)/t12-/m1/s1. The van der Waals surface area contributed by atoms with Gasteiger partial charge in [0.1, 0.15) is 23.2 Å². The van der Waals surface area contributed by atoms with Gasteiger partial charge in [-0.15, -0.1) is 0 Å². The van der Waals surface area contributed by atoms with Crippen LogP contribution in [0.2, 0.25) is 0 Å². The Morgan fingerprint density at radius 2 is 1.97 bits per heavy atom. The number of amides is 1. The van der Waals surface area contributed by atoms with Crippen LogP contribution in [0, 0.1) is 12.7 Å². The first-order valence-corrected chi connectivity index (χ1v) is 10.9. The number of carbonyl (C=O) groups excluding carboxylic acids is 1. The topological polar surface area (TPSA) is 79.4 Å². The van der Waals surface area contributed by atoms with E-state index in [1.807, 2.05) is 0 Å². The molecule has 4 rings (SSSR count). The van der Waals surface area contributed by atoms with E-state index in [0.717, 1.165) is 11.6 Å². The number of likely N-dealkylation sites (N-methyl/N-ethyl adjacent to an activating group) is 1. The third-order valence-corrected chi connectivity index (χ3v) is 5.60. The van der Waals surface area contributed by atoms with Gasteiger partial charge in [0.2, 0.25) is 5.91 Å². The molecule has 0 bridgehead atoms. The average molecular weight is 473 g/mol. The Labute approximate surface area is 195 Å². The van der Waals surface area contributed by atoms with Gasteiger partial charge in [-0.05, 0) is 34.0 Å². The van der Waals surface area contributed by atoms with Crippen molar-refractivity contribution in [3.63, 3.8) is 0 Å². The minimum absolute atomic E-state index is 0.103. The fourth-order valence-corrected chi connectivity index (χ4v) is 4.11. The lowest BCUT2D eigenvalue weighted by Gasteiger charge is -2.20. The van der Waals surface area contributed by atoms with Crippen LogP contribution >= 0.6 is 0 Å². The highest BCUT2D eigenvalue weighted by Gasteiger charge is 2.25. The molecule has 1 aromatic heterocycles. The molecule has 2 aromatic carbocycles. The summed E-state index contributed by atoms with van der Waals surface area (Å²) in [6.45, 7) is 4.06. The third-order valence-electron chi connectivity index (χ3n) is 5.60. The number of carbonyl (C=O) groups is 1. The molecule has 0 spiro atoms.